The summed E-state index contributed by atoms with van der Waals surface area (Å²) in [6, 6.07) is 0. The average Bonchev–Trinajstić information content (AvgIpc) is 2.15. The summed E-state index contributed by atoms with van der Waals surface area (Å²) in [4.78, 5) is 11.0. The number of carbonyl (C=O) groups is 1. The summed E-state index contributed by atoms with van der Waals surface area (Å²) in [6.45, 7) is 6.34. The lowest BCUT2D eigenvalue weighted by atomic mass is 9.92. The van der Waals surface area contributed by atoms with Crippen molar-refractivity contribution < 1.29 is 10.0 Å². The van der Waals surface area contributed by atoms with Crippen molar-refractivity contribution in [1.82, 2.24) is 5.32 Å². The maximum Gasteiger partial charge on any atom is 0.224 e. The zero-order chi connectivity index (χ0) is 12.1. The first-order valence-electron chi connectivity index (χ1n) is 4.79. The van der Waals surface area contributed by atoms with Crippen LogP contribution in [0.5, 0.6) is 0 Å². The van der Waals surface area contributed by atoms with Crippen LogP contribution in [0.25, 0.3) is 0 Å². The summed E-state index contributed by atoms with van der Waals surface area (Å²) >= 11 is 0. The van der Waals surface area contributed by atoms with Crippen LogP contribution < -0.4 is 16.8 Å². The zero-order valence-corrected chi connectivity index (χ0v) is 9.45. The minimum atomic E-state index is -0.592. The van der Waals surface area contributed by atoms with Crippen LogP contribution in [0.3, 0.4) is 0 Å². The van der Waals surface area contributed by atoms with Gasteiger partial charge in [-0.1, -0.05) is 12.1 Å². The van der Waals surface area contributed by atoms with Gasteiger partial charge in [0.1, 0.15) is 5.84 Å². The second-order valence-electron chi connectivity index (χ2n) is 4.30. The van der Waals surface area contributed by atoms with E-state index in [4.69, 9.17) is 16.7 Å². The van der Waals surface area contributed by atoms with Gasteiger partial charge in [-0.3, -0.25) is 4.79 Å². The highest BCUT2D eigenvalue weighted by molar-refractivity contribution is 5.82. The summed E-state index contributed by atoms with van der Waals surface area (Å²) in [5.74, 6) is -0.274. The van der Waals surface area contributed by atoms with Crippen molar-refractivity contribution in [2.45, 2.75) is 20.8 Å². The maximum absolute atomic E-state index is 11.0. The van der Waals surface area contributed by atoms with Gasteiger partial charge in [-0.2, -0.15) is 0 Å². The summed E-state index contributed by atoms with van der Waals surface area (Å²) in [5.41, 5.74) is 10.0. The van der Waals surface area contributed by atoms with Crippen molar-refractivity contribution in [3.8, 4) is 0 Å². The molecule has 6 N–H and O–H groups in total. The van der Waals surface area contributed by atoms with Gasteiger partial charge in [0.2, 0.25) is 5.91 Å². The van der Waals surface area contributed by atoms with Crippen LogP contribution in [0.2, 0.25) is 0 Å². The Morgan fingerprint density at radius 1 is 1.53 bits per heavy atom. The Kier molecular flexibility index (Phi) is 5.07. The second-order valence-corrected chi connectivity index (χ2v) is 4.30. The molecule has 1 atom stereocenters. The number of amidine groups is 1. The molecule has 0 aliphatic heterocycles. The molecule has 6 nitrogen and oxygen atoms in total. The van der Waals surface area contributed by atoms with E-state index in [2.05, 4.69) is 10.5 Å². The number of oxime groups is 1. The van der Waals surface area contributed by atoms with E-state index < -0.39 is 5.41 Å². The van der Waals surface area contributed by atoms with Crippen molar-refractivity contribution in [1.29, 1.82) is 0 Å². The van der Waals surface area contributed by atoms with Crippen molar-refractivity contribution in [2.24, 2.45) is 28.0 Å². The number of primary amides is 1. The molecule has 0 aromatic carbocycles. The van der Waals surface area contributed by atoms with Crippen LogP contribution in [0, 0.1) is 11.3 Å². The van der Waals surface area contributed by atoms with Crippen LogP contribution in [-0.2, 0) is 4.79 Å². The van der Waals surface area contributed by atoms with Crippen molar-refractivity contribution in [2.75, 3.05) is 13.1 Å². The number of rotatable bonds is 6. The van der Waals surface area contributed by atoms with Crippen LogP contribution >= 0.6 is 0 Å². The third-order valence-corrected chi connectivity index (χ3v) is 2.30. The van der Waals surface area contributed by atoms with Crippen LogP contribution in [0.1, 0.15) is 20.8 Å². The Balaban J connectivity index is 3.95. The molecule has 0 bridgehead atoms. The Morgan fingerprint density at radius 2 is 2.07 bits per heavy atom. The highest BCUT2D eigenvalue weighted by Crippen LogP contribution is 2.11. The first kappa shape index (κ1) is 13.7. The molecule has 1 unspecified atom stereocenters. The largest absolute Gasteiger partial charge is 0.409 e. The second kappa shape index (κ2) is 5.55. The molecule has 0 aromatic heterocycles. The van der Waals surface area contributed by atoms with Gasteiger partial charge in [-0.05, 0) is 13.8 Å². The van der Waals surface area contributed by atoms with Gasteiger partial charge in [0.05, 0.1) is 5.41 Å². The van der Waals surface area contributed by atoms with Gasteiger partial charge in [-0.15, -0.1) is 0 Å². The van der Waals surface area contributed by atoms with Gasteiger partial charge in [-0.25, -0.2) is 0 Å². The molecule has 0 heterocycles. The van der Waals surface area contributed by atoms with E-state index in [0.717, 1.165) is 0 Å². The molecule has 0 saturated heterocycles. The van der Waals surface area contributed by atoms with Gasteiger partial charge in [0, 0.05) is 19.0 Å². The van der Waals surface area contributed by atoms with E-state index in [1.165, 1.54) is 0 Å². The molecule has 0 saturated carbocycles. The van der Waals surface area contributed by atoms with E-state index in [-0.39, 0.29) is 17.7 Å². The molecule has 0 aliphatic carbocycles. The molecular formula is C9H20N4O2. The number of nitrogens with two attached hydrogens (primary N) is 2. The standard InChI is InChI=1S/C9H20N4O2/c1-6(7(10)13-15)4-12-5-9(2,3)8(11)14/h6,12,15H,4-5H2,1-3H3,(H2,10,13)(H2,11,14). The number of hydrogen-bond donors (Lipinski definition) is 4. The molecule has 0 aromatic rings. The Labute approximate surface area is 89.7 Å². The van der Waals surface area contributed by atoms with Gasteiger partial charge < -0.3 is 22.0 Å². The van der Waals surface area contributed by atoms with E-state index in [1.807, 2.05) is 6.92 Å². The third-order valence-electron chi connectivity index (χ3n) is 2.30. The zero-order valence-electron chi connectivity index (χ0n) is 9.45. The molecule has 0 aliphatic rings. The Hall–Kier alpha value is -1.30. The molecule has 0 radical (unpaired) electrons. The molecular weight excluding hydrogens is 196 g/mol. The lowest BCUT2D eigenvalue weighted by Crippen LogP contribution is -2.42. The summed E-state index contributed by atoms with van der Waals surface area (Å²) in [7, 11) is 0. The van der Waals surface area contributed by atoms with Gasteiger partial charge in [0.25, 0.3) is 0 Å². The maximum atomic E-state index is 11.0. The first-order valence-corrected chi connectivity index (χ1v) is 4.79. The minimum Gasteiger partial charge on any atom is -0.409 e. The molecule has 0 spiro atoms. The van der Waals surface area contributed by atoms with E-state index in [1.54, 1.807) is 13.8 Å². The molecule has 0 rings (SSSR count). The molecule has 6 heteroatoms. The lowest BCUT2D eigenvalue weighted by molar-refractivity contribution is -0.125. The van der Waals surface area contributed by atoms with Crippen LogP contribution in [0.4, 0.5) is 0 Å². The summed E-state index contributed by atoms with van der Waals surface area (Å²) in [6.07, 6.45) is 0. The van der Waals surface area contributed by atoms with Crippen molar-refractivity contribution in [3.63, 3.8) is 0 Å². The Morgan fingerprint density at radius 3 is 2.47 bits per heavy atom. The predicted octanol–water partition coefficient (Wildman–Crippen LogP) is -0.530. The SMILES string of the molecule is CC(CNCC(C)(C)C(N)=O)C(N)=NO. The molecule has 0 fully saturated rings. The average molecular weight is 216 g/mol. The van der Waals surface area contributed by atoms with Crippen molar-refractivity contribution >= 4 is 11.7 Å². The third kappa shape index (κ3) is 4.64. The highest BCUT2D eigenvalue weighted by atomic mass is 16.4. The van der Waals surface area contributed by atoms with E-state index in [9.17, 15) is 4.79 Å². The van der Waals surface area contributed by atoms with Gasteiger partial charge >= 0.3 is 0 Å². The topological polar surface area (TPSA) is 114 Å². The smallest absolute Gasteiger partial charge is 0.224 e. The number of nitrogens with zero attached hydrogens (tertiary/aromatic N) is 1. The van der Waals surface area contributed by atoms with Gasteiger partial charge in [0.15, 0.2) is 0 Å². The quantitative estimate of drug-likeness (QED) is 0.207. The number of amides is 1. The fourth-order valence-corrected chi connectivity index (χ4v) is 0.891. The van der Waals surface area contributed by atoms with Crippen LogP contribution in [-0.4, -0.2) is 30.0 Å². The monoisotopic (exact) mass is 216 g/mol. The number of nitrogens with one attached hydrogen (secondary N) is 1. The van der Waals surface area contributed by atoms with Crippen LogP contribution in [0.15, 0.2) is 5.16 Å². The summed E-state index contributed by atoms with van der Waals surface area (Å²) < 4.78 is 0. The van der Waals surface area contributed by atoms with E-state index >= 15 is 0 Å². The van der Waals surface area contributed by atoms with E-state index in [0.29, 0.717) is 13.1 Å². The molecule has 15 heavy (non-hydrogen) atoms. The summed E-state index contributed by atoms with van der Waals surface area (Å²) in [5, 5.41) is 14.4. The number of carbonyl (C=O) groups excluding carboxylic acids is 1. The normalized spacial score (nSPS) is 15.0. The minimum absolute atomic E-state index is 0.0846. The molecule has 1 amide bonds. The van der Waals surface area contributed by atoms with Crippen molar-refractivity contribution in [3.05, 3.63) is 0 Å². The first-order chi connectivity index (χ1) is 6.81. The molecule has 88 valence electrons. The predicted molar refractivity (Wildman–Crippen MR) is 58.4 cm³/mol. The lowest BCUT2D eigenvalue weighted by Gasteiger charge is -2.21. The Bertz CT molecular complexity index is 250. The highest BCUT2D eigenvalue weighted by Gasteiger charge is 2.24. The number of hydrogen-bond acceptors (Lipinski definition) is 4. The fraction of sp³-hybridized carbons (Fsp3) is 0.778. The fourth-order valence-electron chi connectivity index (χ4n) is 0.891.